The molecule has 2 aromatic rings. The molecule has 2 aliphatic rings. The summed E-state index contributed by atoms with van der Waals surface area (Å²) in [7, 11) is 0. The van der Waals surface area contributed by atoms with Gasteiger partial charge in [-0.2, -0.15) is 0 Å². The van der Waals surface area contributed by atoms with Gasteiger partial charge in [0.15, 0.2) is 0 Å². The van der Waals surface area contributed by atoms with Crippen LogP contribution in [-0.4, -0.2) is 5.43 Å². The molecule has 0 spiro atoms. The van der Waals surface area contributed by atoms with Gasteiger partial charge >= 0.3 is 190 Å². The van der Waals surface area contributed by atoms with Gasteiger partial charge < -0.3 is 0 Å². The molecule has 0 radical (unpaired) electrons. The van der Waals surface area contributed by atoms with Crippen LogP contribution in [0.15, 0.2) is 74.6 Å². The summed E-state index contributed by atoms with van der Waals surface area (Å²) >= 11 is 4.89. The predicted molar refractivity (Wildman–Crippen MR) is 125 cm³/mol. The molecule has 0 bridgehead atoms. The molecule has 0 nitrogen and oxygen atoms in total. The zero-order valence-electron chi connectivity index (χ0n) is 18.2. The summed E-state index contributed by atoms with van der Waals surface area (Å²) in [5.74, 6) is 0.615. The molecule has 0 aromatic heterocycles. The molecule has 2 aromatic carbocycles. The molecule has 3 heteroatoms. The molecule has 0 saturated carbocycles. The van der Waals surface area contributed by atoms with Gasteiger partial charge in [-0.25, -0.2) is 0 Å². The molecule has 0 fully saturated rings. The molecule has 2 aliphatic carbocycles. The standard InChI is InChI=1S/C15H10Cl.C9H13.C2H6Si.Zr/c16-15-8-4-7-13-12(9-10-14(13)15)11-5-2-1-3-6-11;1-6-5-7(2)9(4)8(6)3;1-3-2;/h1-10H;6H,1-4H3;1-2H3;. The first kappa shape index (κ1) is 21.3. The summed E-state index contributed by atoms with van der Waals surface area (Å²) in [4.78, 5) is 0. The fourth-order valence-electron chi connectivity index (χ4n) is 5.07. The maximum absolute atomic E-state index is 6.89. The van der Waals surface area contributed by atoms with E-state index in [0.29, 0.717) is 9.54 Å². The first-order valence-electron chi connectivity index (χ1n) is 10.4. The second-order valence-electron chi connectivity index (χ2n) is 8.61. The summed E-state index contributed by atoms with van der Waals surface area (Å²) in [5.41, 5.74) is 9.81. The van der Waals surface area contributed by atoms with E-state index in [1.807, 2.05) is 3.28 Å². The van der Waals surface area contributed by atoms with Crippen LogP contribution < -0.4 is 0 Å². The summed E-state index contributed by atoms with van der Waals surface area (Å²) in [6.45, 7) is 14.6. The Morgan fingerprint density at radius 3 is 2.17 bits per heavy atom. The molecule has 0 saturated heterocycles. The average Bonchev–Trinajstić information content (AvgIpc) is 3.18. The van der Waals surface area contributed by atoms with Crippen LogP contribution in [0.1, 0.15) is 48.0 Å². The van der Waals surface area contributed by atoms with E-state index in [2.05, 4.69) is 95.4 Å². The molecule has 0 aliphatic heterocycles. The van der Waals surface area contributed by atoms with Crippen LogP contribution in [0.2, 0.25) is 18.1 Å². The SMILES string of the molecule is CC1=C(C)C(C)[C]([Zr]([CH]2C=C(c3ccccc3)c3cccc(Cl)c32)=[Si](C)C)=C1C. The molecule has 0 N–H and O–H groups in total. The Kier molecular flexibility index (Phi) is 6.09. The Balaban J connectivity index is 1.95. The van der Waals surface area contributed by atoms with Crippen LogP contribution in [0.25, 0.3) is 5.57 Å². The zero-order chi connectivity index (χ0) is 20.9. The Morgan fingerprint density at radius 2 is 1.59 bits per heavy atom. The number of hydrogen-bond acceptors (Lipinski definition) is 0. The number of fused-ring (bicyclic) bond motifs is 1. The van der Waals surface area contributed by atoms with E-state index in [1.165, 1.54) is 22.3 Å². The van der Waals surface area contributed by atoms with E-state index in [4.69, 9.17) is 11.6 Å². The summed E-state index contributed by atoms with van der Waals surface area (Å²) in [6.07, 6.45) is 2.61. The monoisotopic (exact) mass is 494 g/mol. The van der Waals surface area contributed by atoms with Crippen LogP contribution in [0, 0.1) is 5.92 Å². The fourth-order valence-corrected chi connectivity index (χ4v) is 25.3. The van der Waals surface area contributed by atoms with Crippen molar-refractivity contribution >= 4 is 22.6 Å². The quantitative estimate of drug-likeness (QED) is 0.379. The third-order valence-corrected chi connectivity index (χ3v) is 25.7. The van der Waals surface area contributed by atoms with Crippen molar-refractivity contribution < 1.29 is 20.4 Å². The fraction of sp³-hybridized carbons (Fsp3) is 0.308. The van der Waals surface area contributed by atoms with Crippen LogP contribution >= 0.6 is 11.6 Å². The third-order valence-electron chi connectivity index (χ3n) is 6.85. The van der Waals surface area contributed by atoms with E-state index in [1.54, 1.807) is 16.7 Å². The van der Waals surface area contributed by atoms with Gasteiger partial charge in [0.1, 0.15) is 0 Å². The van der Waals surface area contributed by atoms with E-state index < -0.39 is 25.8 Å². The van der Waals surface area contributed by atoms with Crippen molar-refractivity contribution in [2.45, 2.75) is 44.4 Å². The van der Waals surface area contributed by atoms with E-state index in [9.17, 15) is 0 Å². The van der Waals surface area contributed by atoms with Crippen molar-refractivity contribution in [2.75, 3.05) is 0 Å². The van der Waals surface area contributed by atoms with E-state index >= 15 is 0 Å². The van der Waals surface area contributed by atoms with Gasteiger partial charge in [-0.15, -0.1) is 0 Å². The first-order valence-corrected chi connectivity index (χ1v) is 19.7. The average molecular weight is 496 g/mol. The summed E-state index contributed by atoms with van der Waals surface area (Å²) < 4.78 is 2.40. The van der Waals surface area contributed by atoms with Crippen molar-refractivity contribution in [1.29, 1.82) is 0 Å². The summed E-state index contributed by atoms with van der Waals surface area (Å²) in [5, 5.41) is 0.960. The number of allylic oxidation sites excluding steroid dienone is 5. The predicted octanol–water partition coefficient (Wildman–Crippen LogP) is 7.96. The number of rotatable bonds is 3. The normalized spacial score (nSPS) is 20.9. The van der Waals surface area contributed by atoms with Crippen molar-refractivity contribution in [3.8, 4) is 0 Å². The molecule has 4 rings (SSSR count). The van der Waals surface area contributed by atoms with Crippen molar-refractivity contribution in [3.05, 3.63) is 96.3 Å². The molecule has 148 valence electrons. The van der Waals surface area contributed by atoms with Gasteiger partial charge in [-0.05, 0) is 0 Å². The van der Waals surface area contributed by atoms with Crippen LogP contribution in [0.4, 0.5) is 0 Å². The van der Waals surface area contributed by atoms with Crippen LogP contribution in [0.5, 0.6) is 0 Å². The molecular formula is C26H29ClSiZr. The molecule has 2 unspecified atom stereocenters. The van der Waals surface area contributed by atoms with Crippen molar-refractivity contribution in [2.24, 2.45) is 5.92 Å². The van der Waals surface area contributed by atoms with E-state index in [-0.39, 0.29) is 0 Å². The third kappa shape index (κ3) is 3.56. The molecule has 29 heavy (non-hydrogen) atoms. The van der Waals surface area contributed by atoms with Gasteiger partial charge in [0.25, 0.3) is 0 Å². The topological polar surface area (TPSA) is 0 Å². The minimum atomic E-state index is -2.00. The Bertz CT molecular complexity index is 1110. The Morgan fingerprint density at radius 1 is 0.897 bits per heavy atom. The Hall–Kier alpha value is -0.950. The molecule has 0 heterocycles. The van der Waals surface area contributed by atoms with Crippen LogP contribution in [-0.2, 0) is 20.4 Å². The molecular weight excluding hydrogens is 467 g/mol. The number of benzene rings is 2. The molecule has 0 amide bonds. The van der Waals surface area contributed by atoms with Crippen molar-refractivity contribution in [1.82, 2.24) is 0 Å². The number of halogens is 1. The zero-order valence-corrected chi connectivity index (χ0v) is 22.4. The van der Waals surface area contributed by atoms with Gasteiger partial charge in [0.2, 0.25) is 0 Å². The summed E-state index contributed by atoms with van der Waals surface area (Å²) in [6, 6.07) is 17.4. The van der Waals surface area contributed by atoms with E-state index in [0.717, 1.165) is 5.02 Å². The second kappa shape index (κ2) is 8.29. The Labute approximate surface area is 188 Å². The van der Waals surface area contributed by atoms with Crippen LogP contribution in [0.3, 0.4) is 0 Å². The molecule has 2 atom stereocenters. The maximum atomic E-state index is 6.89. The minimum absolute atomic E-state index is 0.404. The van der Waals surface area contributed by atoms with Gasteiger partial charge in [0, 0.05) is 0 Å². The van der Waals surface area contributed by atoms with Gasteiger partial charge in [0.05, 0.1) is 0 Å². The van der Waals surface area contributed by atoms with Crippen molar-refractivity contribution in [3.63, 3.8) is 0 Å². The van der Waals surface area contributed by atoms with Gasteiger partial charge in [-0.3, -0.25) is 0 Å². The second-order valence-corrected chi connectivity index (χ2v) is 26.5. The van der Waals surface area contributed by atoms with Gasteiger partial charge in [-0.1, -0.05) is 0 Å². The first-order chi connectivity index (χ1) is 13.8. The number of hydrogen-bond donors (Lipinski definition) is 0.